The van der Waals surface area contributed by atoms with E-state index in [-0.39, 0.29) is 20.1 Å². The predicted molar refractivity (Wildman–Crippen MR) is 182 cm³/mol. The normalized spacial score (nSPS) is 11.5. The minimum atomic E-state index is 0. The average Bonchev–Trinajstić information content (AvgIpc) is 3.82. The van der Waals surface area contributed by atoms with Crippen LogP contribution in [0.15, 0.2) is 127 Å². The van der Waals surface area contributed by atoms with Gasteiger partial charge in [0.25, 0.3) is 0 Å². The Kier molecular flexibility index (Phi) is 6.71. The van der Waals surface area contributed by atoms with Crippen LogP contribution in [0.3, 0.4) is 0 Å². The van der Waals surface area contributed by atoms with Gasteiger partial charge in [-0.3, -0.25) is 4.98 Å². The van der Waals surface area contributed by atoms with Crippen LogP contribution in [0.25, 0.3) is 77.2 Å². The van der Waals surface area contributed by atoms with Crippen LogP contribution in [0.4, 0.5) is 0 Å². The van der Waals surface area contributed by atoms with E-state index in [1.165, 1.54) is 43.6 Å². The van der Waals surface area contributed by atoms with Gasteiger partial charge in [0.05, 0.1) is 51.5 Å². The number of nitrogens with zero attached hydrogens (tertiary/aromatic N) is 5. The standard InChI is InChI=1S/C26H16N3.C14H11N2.Ir/c1-28-24-14-20-19-12-7-11-18-17-10-5-6-13-22(17)29(25(18)19)23(20)15-21(24)27-26(28)16-8-3-2-4-9-16;1-15-11-16(12-7-3-2-4-8-12)14-10-6-5-9-13(14)15;/h2-8,10-15H,1H3;2-7,9-10H,1H3;/q2*-1;+3. The van der Waals surface area contributed by atoms with Crippen LogP contribution in [-0.4, -0.2) is 18.5 Å². The van der Waals surface area contributed by atoms with Crippen molar-refractivity contribution in [1.82, 2.24) is 18.5 Å². The Labute approximate surface area is 279 Å². The molecule has 0 aliphatic heterocycles. The van der Waals surface area contributed by atoms with Crippen molar-refractivity contribution in [3.05, 3.63) is 146 Å². The van der Waals surface area contributed by atoms with Crippen LogP contribution in [0.1, 0.15) is 0 Å². The number of aromatic nitrogens is 5. The summed E-state index contributed by atoms with van der Waals surface area (Å²) in [5, 5.41) is 5.18. The Morgan fingerprint density at radius 2 is 1.33 bits per heavy atom. The van der Waals surface area contributed by atoms with E-state index >= 15 is 0 Å². The summed E-state index contributed by atoms with van der Waals surface area (Å²) < 4.78 is 8.59. The van der Waals surface area contributed by atoms with Crippen molar-refractivity contribution >= 4 is 60.2 Å². The van der Waals surface area contributed by atoms with Gasteiger partial charge in [-0.25, -0.2) is 0 Å². The second-order valence-electron chi connectivity index (χ2n) is 11.4. The van der Waals surface area contributed by atoms with Gasteiger partial charge in [0, 0.05) is 28.6 Å². The smallest absolute Gasteiger partial charge is 0.367 e. The molecule has 0 atom stereocenters. The van der Waals surface area contributed by atoms with Gasteiger partial charge in [0.2, 0.25) is 6.33 Å². The molecule has 4 heterocycles. The maximum atomic E-state index is 4.97. The summed E-state index contributed by atoms with van der Waals surface area (Å²) in [5.41, 5.74) is 10.3. The van der Waals surface area contributed by atoms with Gasteiger partial charge in [-0.2, -0.15) is 30.3 Å². The van der Waals surface area contributed by atoms with E-state index in [9.17, 15) is 0 Å². The van der Waals surface area contributed by atoms with E-state index in [1.54, 1.807) is 0 Å². The largest absolute Gasteiger partial charge is 3.00 e. The van der Waals surface area contributed by atoms with Crippen LogP contribution in [0, 0.1) is 18.5 Å². The van der Waals surface area contributed by atoms with E-state index in [1.807, 2.05) is 70.8 Å². The van der Waals surface area contributed by atoms with E-state index in [0.717, 1.165) is 33.6 Å². The topological polar surface area (TPSA) is 31.0 Å². The zero-order chi connectivity index (χ0) is 30.1. The zero-order valence-corrected chi connectivity index (χ0v) is 27.6. The number of para-hydroxylation sites is 5. The summed E-state index contributed by atoms with van der Waals surface area (Å²) in [6, 6.07) is 50.5. The second kappa shape index (κ2) is 11.0. The second-order valence-corrected chi connectivity index (χ2v) is 11.4. The minimum absolute atomic E-state index is 0. The molecule has 0 aliphatic rings. The number of hydrogen-bond donors (Lipinski definition) is 0. The SMILES string of the molecule is C[n+]1[c-]n(-c2[c-]cccc2)c2ccccc21.Cn1c(-c2[c-]cccc2)nc2cc3c(cc21)c1cccc2c4ccccc4n3c21.[Ir+3]. The first-order valence-electron chi connectivity index (χ1n) is 15.0. The summed E-state index contributed by atoms with van der Waals surface area (Å²) in [5.74, 6) is 0.945. The molecule has 0 saturated heterocycles. The molecule has 0 bridgehead atoms. The van der Waals surface area contributed by atoms with E-state index < -0.39 is 0 Å². The molecule has 0 unspecified atom stereocenters. The van der Waals surface area contributed by atoms with Crippen molar-refractivity contribution in [3.8, 4) is 17.1 Å². The Balaban J connectivity index is 0.000000157. The molecule has 0 saturated carbocycles. The van der Waals surface area contributed by atoms with Crippen molar-refractivity contribution in [2.45, 2.75) is 0 Å². The van der Waals surface area contributed by atoms with Crippen LogP contribution in [0.5, 0.6) is 0 Å². The minimum Gasteiger partial charge on any atom is -0.367 e. The first kappa shape index (κ1) is 28.2. The molecule has 10 aromatic rings. The van der Waals surface area contributed by atoms with Crippen molar-refractivity contribution < 1.29 is 24.7 Å². The third kappa shape index (κ3) is 4.18. The Bertz CT molecular complexity index is 2660. The van der Waals surface area contributed by atoms with Crippen molar-refractivity contribution in [2.75, 3.05) is 0 Å². The molecule has 0 spiro atoms. The zero-order valence-electron chi connectivity index (χ0n) is 25.2. The third-order valence-electron chi connectivity index (χ3n) is 8.84. The first-order chi connectivity index (χ1) is 22.2. The number of benzene rings is 6. The van der Waals surface area contributed by atoms with Gasteiger partial charge in [0.1, 0.15) is 0 Å². The molecule has 0 aliphatic carbocycles. The molecule has 0 N–H and O–H groups in total. The predicted octanol–water partition coefficient (Wildman–Crippen LogP) is 8.24. The van der Waals surface area contributed by atoms with Gasteiger partial charge < -0.3 is 18.1 Å². The maximum Gasteiger partial charge on any atom is 3.00 e. The molecule has 5 nitrogen and oxygen atoms in total. The molecule has 0 fully saturated rings. The summed E-state index contributed by atoms with van der Waals surface area (Å²) in [6.07, 6.45) is 3.27. The molecular formula is C40H27IrN5+. The van der Waals surface area contributed by atoms with Gasteiger partial charge in [-0.15, -0.1) is 35.9 Å². The Hall–Kier alpha value is -5.29. The molecule has 46 heavy (non-hydrogen) atoms. The van der Waals surface area contributed by atoms with Crippen molar-refractivity contribution in [1.29, 1.82) is 0 Å². The number of hydrogen-bond acceptors (Lipinski definition) is 1. The Morgan fingerprint density at radius 1 is 0.630 bits per heavy atom. The fourth-order valence-electron chi connectivity index (χ4n) is 6.79. The summed E-state index contributed by atoms with van der Waals surface area (Å²) in [6.45, 7) is 0. The van der Waals surface area contributed by atoms with Gasteiger partial charge in [-0.05, 0) is 18.2 Å². The van der Waals surface area contributed by atoms with Crippen LogP contribution >= 0.6 is 0 Å². The van der Waals surface area contributed by atoms with Gasteiger partial charge >= 0.3 is 20.1 Å². The molecule has 10 rings (SSSR count). The summed E-state index contributed by atoms with van der Waals surface area (Å²) >= 11 is 0. The number of aryl methyl sites for hydroxylation is 2. The first-order valence-corrected chi connectivity index (χ1v) is 15.0. The number of fused-ring (bicyclic) bond motifs is 8. The van der Waals surface area contributed by atoms with E-state index in [4.69, 9.17) is 4.98 Å². The molecule has 4 aromatic heterocycles. The number of rotatable bonds is 2. The molecule has 0 amide bonds. The molecule has 220 valence electrons. The Morgan fingerprint density at radius 3 is 2.11 bits per heavy atom. The van der Waals surface area contributed by atoms with E-state index in [0.29, 0.717) is 0 Å². The van der Waals surface area contributed by atoms with Crippen LogP contribution < -0.4 is 4.57 Å². The fraction of sp³-hybridized carbons (Fsp3) is 0.0500. The van der Waals surface area contributed by atoms with E-state index in [2.05, 4.69) is 107 Å². The van der Waals surface area contributed by atoms with Crippen LogP contribution in [0.2, 0.25) is 0 Å². The van der Waals surface area contributed by atoms with Crippen molar-refractivity contribution in [2.24, 2.45) is 14.1 Å². The summed E-state index contributed by atoms with van der Waals surface area (Å²) in [7, 11) is 4.09. The molecule has 0 radical (unpaired) electrons. The fourth-order valence-corrected chi connectivity index (χ4v) is 6.79. The summed E-state index contributed by atoms with van der Waals surface area (Å²) in [4.78, 5) is 4.97. The molecule has 6 heteroatoms. The third-order valence-corrected chi connectivity index (χ3v) is 8.84. The molecular weight excluding hydrogens is 743 g/mol. The van der Waals surface area contributed by atoms with Gasteiger partial charge in [0.15, 0.2) is 0 Å². The van der Waals surface area contributed by atoms with Crippen molar-refractivity contribution in [3.63, 3.8) is 0 Å². The average molecular weight is 770 g/mol. The van der Waals surface area contributed by atoms with Crippen LogP contribution in [-0.2, 0) is 34.2 Å². The molecule has 6 aromatic carbocycles. The van der Waals surface area contributed by atoms with Gasteiger partial charge in [-0.1, -0.05) is 66.4 Å². The quantitative estimate of drug-likeness (QED) is 0.129. The number of imidazole rings is 2. The monoisotopic (exact) mass is 770 g/mol. The maximum absolute atomic E-state index is 4.97.